The molecule has 0 aliphatic rings. The zero-order valence-electron chi connectivity index (χ0n) is 10.1. The van der Waals surface area contributed by atoms with Crippen molar-refractivity contribution in [2.45, 2.75) is 6.92 Å². The first-order valence-corrected chi connectivity index (χ1v) is 5.72. The lowest BCUT2D eigenvalue weighted by molar-refractivity contribution is 0.374. The zero-order chi connectivity index (χ0) is 13.1. The number of nitrogens with zero attached hydrogens (tertiary/aromatic N) is 1. The van der Waals surface area contributed by atoms with Gasteiger partial charge in [0.15, 0.2) is 11.5 Å². The van der Waals surface area contributed by atoms with Crippen molar-refractivity contribution in [1.29, 1.82) is 0 Å². The normalized spacial score (nSPS) is 10.2. The molecular formula is C13H13ClN2O2. The van der Waals surface area contributed by atoms with Gasteiger partial charge in [0.2, 0.25) is 5.88 Å². The molecule has 0 saturated heterocycles. The molecule has 5 heteroatoms. The Kier molecular flexibility index (Phi) is 3.58. The Balaban J connectivity index is 2.33. The Hall–Kier alpha value is -1.94. The molecule has 0 atom stereocenters. The number of nitrogen functional groups attached to an aromatic ring is 1. The van der Waals surface area contributed by atoms with Crippen molar-refractivity contribution in [1.82, 2.24) is 4.98 Å². The summed E-state index contributed by atoms with van der Waals surface area (Å²) in [5.41, 5.74) is 7.25. The third kappa shape index (κ3) is 2.84. The van der Waals surface area contributed by atoms with Crippen molar-refractivity contribution in [2.75, 3.05) is 12.8 Å². The van der Waals surface area contributed by atoms with E-state index in [1.165, 1.54) is 0 Å². The average Bonchev–Trinajstić information content (AvgIpc) is 2.30. The summed E-state index contributed by atoms with van der Waals surface area (Å²) in [6, 6.07) is 8.77. The number of rotatable bonds is 3. The van der Waals surface area contributed by atoms with Gasteiger partial charge in [-0.25, -0.2) is 4.98 Å². The molecule has 1 heterocycles. The van der Waals surface area contributed by atoms with E-state index in [1.807, 2.05) is 25.1 Å². The van der Waals surface area contributed by atoms with E-state index in [-0.39, 0.29) is 5.15 Å². The second kappa shape index (κ2) is 5.14. The molecule has 0 radical (unpaired) electrons. The van der Waals surface area contributed by atoms with E-state index in [2.05, 4.69) is 4.98 Å². The van der Waals surface area contributed by atoms with Gasteiger partial charge in [-0.05, 0) is 30.7 Å². The fourth-order valence-electron chi connectivity index (χ4n) is 1.52. The Morgan fingerprint density at radius 2 is 1.94 bits per heavy atom. The summed E-state index contributed by atoms with van der Waals surface area (Å²) in [5, 5.41) is 0.288. The van der Waals surface area contributed by atoms with Gasteiger partial charge in [0.1, 0.15) is 5.15 Å². The molecule has 1 aromatic heterocycles. The smallest absolute Gasteiger partial charge is 0.222 e. The highest BCUT2D eigenvalue weighted by Gasteiger charge is 2.07. The maximum atomic E-state index is 5.81. The monoisotopic (exact) mass is 264 g/mol. The van der Waals surface area contributed by atoms with Crippen molar-refractivity contribution in [2.24, 2.45) is 0 Å². The molecule has 94 valence electrons. The number of nitrogens with two attached hydrogens (primary N) is 1. The van der Waals surface area contributed by atoms with Crippen LogP contribution in [0.4, 0.5) is 5.69 Å². The first-order chi connectivity index (χ1) is 8.58. The molecule has 2 rings (SSSR count). The maximum absolute atomic E-state index is 5.81. The lowest BCUT2D eigenvalue weighted by atomic mass is 10.2. The second-order valence-electron chi connectivity index (χ2n) is 3.82. The van der Waals surface area contributed by atoms with Crippen LogP contribution in [0.2, 0.25) is 5.15 Å². The average molecular weight is 265 g/mol. The molecule has 1 aromatic carbocycles. The number of methoxy groups -OCH3 is 1. The van der Waals surface area contributed by atoms with Gasteiger partial charge in [-0.2, -0.15) is 0 Å². The SMILES string of the molecule is COc1cc(C)ccc1Oc1cc(N)cc(Cl)n1. The minimum Gasteiger partial charge on any atom is -0.493 e. The molecule has 0 spiro atoms. The standard InChI is InChI=1S/C13H13ClN2O2/c1-8-3-4-10(11(5-8)17-2)18-13-7-9(15)6-12(14)16-13/h3-7H,1-2H3,(H2,15,16). The molecule has 18 heavy (non-hydrogen) atoms. The Morgan fingerprint density at radius 3 is 2.61 bits per heavy atom. The predicted molar refractivity (Wildman–Crippen MR) is 71.5 cm³/mol. The van der Waals surface area contributed by atoms with Gasteiger partial charge in [0.05, 0.1) is 7.11 Å². The van der Waals surface area contributed by atoms with E-state index in [9.17, 15) is 0 Å². The molecule has 2 N–H and O–H groups in total. The summed E-state index contributed by atoms with van der Waals surface area (Å²) in [6.07, 6.45) is 0. The quantitative estimate of drug-likeness (QED) is 0.863. The topological polar surface area (TPSA) is 57.4 Å². The van der Waals surface area contributed by atoms with Gasteiger partial charge < -0.3 is 15.2 Å². The van der Waals surface area contributed by atoms with E-state index in [4.69, 9.17) is 26.8 Å². The van der Waals surface area contributed by atoms with Crippen molar-refractivity contribution in [3.05, 3.63) is 41.0 Å². The lowest BCUT2D eigenvalue weighted by Crippen LogP contribution is -1.94. The summed E-state index contributed by atoms with van der Waals surface area (Å²) in [7, 11) is 1.58. The molecule has 0 aliphatic carbocycles. The minimum absolute atomic E-state index is 0.288. The number of aryl methyl sites for hydroxylation is 1. The van der Waals surface area contributed by atoms with Gasteiger partial charge in [0, 0.05) is 11.8 Å². The Morgan fingerprint density at radius 1 is 1.17 bits per heavy atom. The van der Waals surface area contributed by atoms with Crippen LogP contribution in [-0.2, 0) is 0 Å². The number of anilines is 1. The first-order valence-electron chi connectivity index (χ1n) is 5.34. The van der Waals surface area contributed by atoms with E-state index in [0.717, 1.165) is 5.56 Å². The molecule has 0 fully saturated rings. The highest BCUT2D eigenvalue weighted by Crippen LogP contribution is 2.32. The van der Waals surface area contributed by atoms with E-state index >= 15 is 0 Å². The number of halogens is 1. The summed E-state index contributed by atoms with van der Waals surface area (Å²) in [6.45, 7) is 1.97. The van der Waals surface area contributed by atoms with Crippen LogP contribution in [-0.4, -0.2) is 12.1 Å². The van der Waals surface area contributed by atoms with Gasteiger partial charge in [-0.3, -0.25) is 0 Å². The number of aromatic nitrogens is 1. The van der Waals surface area contributed by atoms with Gasteiger partial charge in [-0.15, -0.1) is 0 Å². The molecule has 0 bridgehead atoms. The summed E-state index contributed by atoms with van der Waals surface area (Å²) < 4.78 is 10.9. The lowest BCUT2D eigenvalue weighted by Gasteiger charge is -2.10. The number of hydrogen-bond donors (Lipinski definition) is 1. The molecule has 2 aromatic rings. The van der Waals surface area contributed by atoms with Crippen molar-refractivity contribution >= 4 is 17.3 Å². The maximum Gasteiger partial charge on any atom is 0.222 e. The van der Waals surface area contributed by atoms with Crippen LogP contribution >= 0.6 is 11.6 Å². The molecule has 4 nitrogen and oxygen atoms in total. The first kappa shape index (κ1) is 12.5. The van der Waals surface area contributed by atoms with E-state index < -0.39 is 0 Å². The summed E-state index contributed by atoms with van der Waals surface area (Å²) in [5.74, 6) is 1.54. The molecule has 0 amide bonds. The molecule has 0 unspecified atom stereocenters. The Bertz CT molecular complexity index is 553. The van der Waals surface area contributed by atoms with Gasteiger partial charge in [-0.1, -0.05) is 17.7 Å². The van der Waals surface area contributed by atoms with Crippen LogP contribution in [0.3, 0.4) is 0 Å². The van der Waals surface area contributed by atoms with Gasteiger partial charge in [0.25, 0.3) is 0 Å². The van der Waals surface area contributed by atoms with Crippen LogP contribution in [0.5, 0.6) is 17.4 Å². The van der Waals surface area contributed by atoms with Crippen LogP contribution in [0.25, 0.3) is 0 Å². The molecular weight excluding hydrogens is 252 g/mol. The third-order valence-corrected chi connectivity index (χ3v) is 2.52. The van der Waals surface area contributed by atoms with E-state index in [0.29, 0.717) is 23.1 Å². The van der Waals surface area contributed by atoms with Gasteiger partial charge >= 0.3 is 0 Å². The fourth-order valence-corrected chi connectivity index (χ4v) is 1.72. The molecule has 0 saturated carbocycles. The van der Waals surface area contributed by atoms with Crippen LogP contribution in [0.1, 0.15) is 5.56 Å². The second-order valence-corrected chi connectivity index (χ2v) is 4.21. The summed E-state index contributed by atoms with van der Waals surface area (Å²) in [4.78, 5) is 4.03. The minimum atomic E-state index is 0.288. The number of ether oxygens (including phenoxy) is 2. The van der Waals surface area contributed by atoms with Crippen molar-refractivity contribution in [3.63, 3.8) is 0 Å². The number of hydrogen-bond acceptors (Lipinski definition) is 4. The number of benzene rings is 1. The number of pyridine rings is 1. The molecule has 0 aliphatic heterocycles. The fraction of sp³-hybridized carbons (Fsp3) is 0.154. The zero-order valence-corrected chi connectivity index (χ0v) is 10.9. The Labute approximate surface area is 110 Å². The van der Waals surface area contributed by atoms with Crippen molar-refractivity contribution < 1.29 is 9.47 Å². The third-order valence-electron chi connectivity index (χ3n) is 2.33. The predicted octanol–water partition coefficient (Wildman–Crippen LogP) is 3.43. The van der Waals surface area contributed by atoms with Crippen molar-refractivity contribution in [3.8, 4) is 17.4 Å². The highest BCUT2D eigenvalue weighted by molar-refractivity contribution is 6.29. The van der Waals surface area contributed by atoms with Crippen LogP contribution in [0, 0.1) is 6.92 Å². The van der Waals surface area contributed by atoms with Crippen LogP contribution < -0.4 is 15.2 Å². The van der Waals surface area contributed by atoms with Crippen LogP contribution in [0.15, 0.2) is 30.3 Å². The highest BCUT2D eigenvalue weighted by atomic mass is 35.5. The van der Waals surface area contributed by atoms with E-state index in [1.54, 1.807) is 19.2 Å². The summed E-state index contributed by atoms with van der Waals surface area (Å²) >= 11 is 5.81. The largest absolute Gasteiger partial charge is 0.493 e.